The molecule has 0 saturated carbocycles. The normalized spacial score (nSPS) is 13.4. The van der Waals surface area contributed by atoms with Crippen molar-refractivity contribution < 1.29 is 23.6 Å². The number of nitrogens with zero attached hydrogens (tertiary/aromatic N) is 4. The Morgan fingerprint density at radius 1 is 0.895 bits per heavy atom. The molecule has 2 heterocycles. The van der Waals surface area contributed by atoms with Crippen LogP contribution in [-0.4, -0.2) is 62.9 Å². The molecule has 4 aromatic rings. The number of amides is 2. The molecular weight excluding hydrogens is 497 g/mol. The average molecular weight is 517 g/mol. The largest absolute Gasteiger partial charge is 0.437 e. The first-order chi connectivity index (χ1) is 18.3. The van der Waals surface area contributed by atoms with Gasteiger partial charge in [-0.15, -0.1) is 5.10 Å². The van der Waals surface area contributed by atoms with Crippen molar-refractivity contribution in [2.45, 2.75) is 0 Å². The Morgan fingerprint density at radius 3 is 2.18 bits per heavy atom. The molecule has 0 radical (unpaired) electrons. The molecule has 1 N–H and O–H groups in total. The van der Waals surface area contributed by atoms with Gasteiger partial charge in [-0.2, -0.15) is 0 Å². The number of benzene rings is 3. The predicted molar refractivity (Wildman–Crippen MR) is 134 cm³/mol. The molecule has 1 saturated heterocycles. The minimum absolute atomic E-state index is 0.0310. The lowest BCUT2D eigenvalue weighted by atomic mass is 10.1. The van der Waals surface area contributed by atoms with Crippen molar-refractivity contribution in [2.75, 3.05) is 26.2 Å². The van der Waals surface area contributed by atoms with E-state index in [-0.39, 0.29) is 60.2 Å². The Balaban J connectivity index is 1.31. The summed E-state index contributed by atoms with van der Waals surface area (Å²) in [6, 6.07) is 16.1. The SMILES string of the molecule is O=C(c1cc(Oc2n[nH]c(=O)c3ccccc23)ccc1F)N1CCN(C(=O)c2ccccc2[N+](=O)[O-])CC1. The number of halogens is 1. The Kier molecular flexibility index (Phi) is 6.52. The Bertz CT molecular complexity index is 1630. The third-order valence-electron chi connectivity index (χ3n) is 6.23. The summed E-state index contributed by atoms with van der Waals surface area (Å²) in [6.45, 7) is 0.479. The fraction of sp³-hybridized carbons (Fsp3) is 0.154. The molecule has 2 amide bonds. The van der Waals surface area contributed by atoms with Crippen LogP contribution in [0.4, 0.5) is 10.1 Å². The molecule has 192 valence electrons. The lowest BCUT2D eigenvalue weighted by molar-refractivity contribution is -0.385. The molecule has 38 heavy (non-hydrogen) atoms. The van der Waals surface area contributed by atoms with E-state index in [1.54, 1.807) is 30.3 Å². The zero-order valence-corrected chi connectivity index (χ0v) is 19.8. The van der Waals surface area contributed by atoms with Crippen LogP contribution in [0.15, 0.2) is 71.5 Å². The number of hydrogen-bond donors (Lipinski definition) is 1. The lowest BCUT2D eigenvalue weighted by Crippen LogP contribution is -2.50. The van der Waals surface area contributed by atoms with Crippen LogP contribution < -0.4 is 10.3 Å². The highest BCUT2D eigenvalue weighted by molar-refractivity contribution is 5.99. The Hall–Kier alpha value is -5.13. The molecule has 11 nitrogen and oxygen atoms in total. The maximum Gasteiger partial charge on any atom is 0.282 e. The highest BCUT2D eigenvalue weighted by Gasteiger charge is 2.30. The molecule has 1 aliphatic heterocycles. The number of nitro groups is 1. The maximum absolute atomic E-state index is 14.7. The van der Waals surface area contributed by atoms with Crippen molar-refractivity contribution in [1.29, 1.82) is 0 Å². The van der Waals surface area contributed by atoms with Gasteiger partial charge in [-0.3, -0.25) is 24.5 Å². The fourth-order valence-corrected chi connectivity index (χ4v) is 4.28. The molecule has 1 aliphatic rings. The summed E-state index contributed by atoms with van der Waals surface area (Å²) >= 11 is 0. The minimum Gasteiger partial charge on any atom is -0.437 e. The first-order valence-corrected chi connectivity index (χ1v) is 11.6. The number of para-hydroxylation sites is 1. The number of carbonyl (C=O) groups is 2. The molecule has 0 atom stereocenters. The van der Waals surface area contributed by atoms with Crippen molar-refractivity contribution in [3.05, 3.63) is 104 Å². The van der Waals surface area contributed by atoms with Gasteiger partial charge < -0.3 is 14.5 Å². The van der Waals surface area contributed by atoms with Crippen LogP contribution in [0, 0.1) is 15.9 Å². The van der Waals surface area contributed by atoms with E-state index in [0.717, 1.165) is 6.07 Å². The topological polar surface area (TPSA) is 139 Å². The third kappa shape index (κ3) is 4.66. The average Bonchev–Trinajstić information content (AvgIpc) is 2.95. The number of hydrogen-bond acceptors (Lipinski definition) is 7. The molecule has 5 rings (SSSR count). The number of aromatic amines is 1. The summed E-state index contributed by atoms with van der Waals surface area (Å²) in [5, 5.41) is 18.4. The Labute approximate surface area is 214 Å². The molecule has 0 unspecified atom stereocenters. The molecule has 1 fully saturated rings. The number of piperazine rings is 1. The molecule has 3 aromatic carbocycles. The van der Waals surface area contributed by atoms with Gasteiger partial charge in [0.2, 0.25) is 5.88 Å². The first kappa shape index (κ1) is 24.6. The van der Waals surface area contributed by atoms with Gasteiger partial charge in [0.05, 0.1) is 21.3 Å². The summed E-state index contributed by atoms with van der Waals surface area (Å²) in [7, 11) is 0. The van der Waals surface area contributed by atoms with Crippen molar-refractivity contribution in [3.63, 3.8) is 0 Å². The number of carbonyl (C=O) groups excluding carboxylic acids is 2. The number of nitrogens with one attached hydrogen (secondary N) is 1. The predicted octanol–water partition coefficient (Wildman–Crippen LogP) is 3.36. The summed E-state index contributed by atoms with van der Waals surface area (Å²) in [5.41, 5.74) is -0.937. The van der Waals surface area contributed by atoms with E-state index in [1.807, 2.05) is 0 Å². The van der Waals surface area contributed by atoms with Crippen molar-refractivity contribution >= 4 is 28.3 Å². The van der Waals surface area contributed by atoms with Gasteiger partial charge in [0, 0.05) is 32.2 Å². The van der Waals surface area contributed by atoms with Gasteiger partial charge in [-0.1, -0.05) is 24.3 Å². The quantitative estimate of drug-likeness (QED) is 0.316. The molecular formula is C26H20FN5O6. The number of aromatic nitrogens is 2. The van der Waals surface area contributed by atoms with Crippen LogP contribution in [0.3, 0.4) is 0 Å². The van der Waals surface area contributed by atoms with Gasteiger partial charge >= 0.3 is 0 Å². The van der Waals surface area contributed by atoms with Gasteiger partial charge in [0.15, 0.2) is 0 Å². The number of fused-ring (bicyclic) bond motifs is 1. The highest BCUT2D eigenvalue weighted by Crippen LogP contribution is 2.28. The monoisotopic (exact) mass is 517 g/mol. The molecule has 0 aliphatic carbocycles. The smallest absolute Gasteiger partial charge is 0.282 e. The van der Waals surface area contributed by atoms with E-state index in [4.69, 9.17) is 4.74 Å². The van der Waals surface area contributed by atoms with Gasteiger partial charge in [0.25, 0.3) is 23.1 Å². The number of nitro benzene ring substituents is 1. The second-order valence-electron chi connectivity index (χ2n) is 8.51. The summed E-state index contributed by atoms with van der Waals surface area (Å²) in [4.78, 5) is 51.5. The van der Waals surface area contributed by atoms with E-state index in [1.165, 1.54) is 40.1 Å². The molecule has 12 heteroatoms. The fourth-order valence-electron chi connectivity index (χ4n) is 4.28. The zero-order valence-electron chi connectivity index (χ0n) is 19.8. The number of H-pyrrole nitrogens is 1. The number of ether oxygens (including phenoxy) is 1. The third-order valence-corrected chi connectivity index (χ3v) is 6.23. The van der Waals surface area contributed by atoms with Gasteiger partial charge in [0.1, 0.15) is 17.1 Å². The van der Waals surface area contributed by atoms with Crippen LogP contribution in [0.25, 0.3) is 10.8 Å². The van der Waals surface area contributed by atoms with Crippen LogP contribution in [0.2, 0.25) is 0 Å². The lowest BCUT2D eigenvalue weighted by Gasteiger charge is -2.34. The standard InChI is InChI=1S/C26H20FN5O6/c27-21-10-9-16(38-24-18-6-2-1-5-17(18)23(33)28-29-24)15-20(21)26(35)31-13-11-30(12-14-31)25(34)19-7-3-4-8-22(19)32(36)37/h1-10,15H,11-14H2,(H,28,33). The van der Waals surface area contributed by atoms with Gasteiger partial charge in [-0.05, 0) is 36.4 Å². The zero-order chi connectivity index (χ0) is 26.8. The van der Waals surface area contributed by atoms with Crippen molar-refractivity contribution in [1.82, 2.24) is 20.0 Å². The van der Waals surface area contributed by atoms with E-state index in [0.29, 0.717) is 10.8 Å². The van der Waals surface area contributed by atoms with Crippen molar-refractivity contribution in [2.24, 2.45) is 0 Å². The molecule has 0 bridgehead atoms. The summed E-state index contributed by atoms with van der Waals surface area (Å²) < 4.78 is 20.5. The Morgan fingerprint density at radius 2 is 1.50 bits per heavy atom. The minimum atomic E-state index is -0.750. The molecule has 0 spiro atoms. The van der Waals surface area contributed by atoms with Gasteiger partial charge in [-0.25, -0.2) is 9.49 Å². The van der Waals surface area contributed by atoms with Crippen LogP contribution in [0.1, 0.15) is 20.7 Å². The maximum atomic E-state index is 14.7. The molecule has 1 aromatic heterocycles. The van der Waals surface area contributed by atoms with Crippen LogP contribution >= 0.6 is 0 Å². The van der Waals surface area contributed by atoms with Crippen LogP contribution in [0.5, 0.6) is 11.6 Å². The van der Waals surface area contributed by atoms with E-state index < -0.39 is 22.6 Å². The highest BCUT2D eigenvalue weighted by atomic mass is 19.1. The first-order valence-electron chi connectivity index (χ1n) is 11.6. The summed E-state index contributed by atoms with van der Waals surface area (Å²) in [5.74, 6) is -1.62. The van der Waals surface area contributed by atoms with E-state index >= 15 is 0 Å². The van der Waals surface area contributed by atoms with Crippen molar-refractivity contribution in [3.8, 4) is 11.6 Å². The summed E-state index contributed by atoms with van der Waals surface area (Å²) in [6.07, 6.45) is 0. The second-order valence-corrected chi connectivity index (χ2v) is 8.51. The van der Waals surface area contributed by atoms with E-state index in [9.17, 15) is 28.9 Å². The second kappa shape index (κ2) is 10.1. The van der Waals surface area contributed by atoms with Crippen LogP contribution in [-0.2, 0) is 0 Å². The van der Waals surface area contributed by atoms with E-state index in [2.05, 4.69) is 10.2 Å². The number of rotatable bonds is 5.